The Bertz CT molecular complexity index is 1040. The van der Waals surface area contributed by atoms with Gasteiger partial charge in [-0.3, -0.25) is 9.78 Å². The van der Waals surface area contributed by atoms with Gasteiger partial charge in [0.2, 0.25) is 5.95 Å². The second-order valence-electron chi connectivity index (χ2n) is 6.51. The van der Waals surface area contributed by atoms with Crippen molar-refractivity contribution < 1.29 is 14.6 Å². The van der Waals surface area contributed by atoms with Crippen molar-refractivity contribution in [3.63, 3.8) is 0 Å². The van der Waals surface area contributed by atoms with Crippen molar-refractivity contribution in [3.8, 4) is 16.9 Å². The molecule has 0 aliphatic rings. The van der Waals surface area contributed by atoms with Gasteiger partial charge < -0.3 is 14.7 Å². The summed E-state index contributed by atoms with van der Waals surface area (Å²) in [7, 11) is 1.57. The highest BCUT2D eigenvalue weighted by Crippen LogP contribution is 2.38. The number of hydrogen-bond acceptors (Lipinski definition) is 6. The number of methoxy groups -OCH3 is 1. The third kappa shape index (κ3) is 4.40. The standard InChI is InChI=1S/C21H23ClN4O3/c1-4-26(5-2)21-24-12-17-16(14-8-15(22)11-23-10-14)9-13(6-7-18(27)28)20(29-3)19(17)25-21/h8-12H,4-7H2,1-3H3,(H,27,28). The second-order valence-corrected chi connectivity index (χ2v) is 6.94. The van der Waals surface area contributed by atoms with Crippen molar-refractivity contribution in [1.29, 1.82) is 0 Å². The summed E-state index contributed by atoms with van der Waals surface area (Å²) >= 11 is 6.15. The number of benzene rings is 1. The van der Waals surface area contributed by atoms with Gasteiger partial charge in [-0.25, -0.2) is 9.97 Å². The predicted molar refractivity (Wildman–Crippen MR) is 114 cm³/mol. The zero-order chi connectivity index (χ0) is 21.0. The monoisotopic (exact) mass is 414 g/mol. The van der Waals surface area contributed by atoms with E-state index >= 15 is 0 Å². The molecule has 0 radical (unpaired) electrons. The van der Waals surface area contributed by atoms with Gasteiger partial charge in [0, 0.05) is 49.1 Å². The highest BCUT2D eigenvalue weighted by molar-refractivity contribution is 6.30. The van der Waals surface area contributed by atoms with Crippen molar-refractivity contribution in [1.82, 2.24) is 15.0 Å². The van der Waals surface area contributed by atoms with E-state index in [1.54, 1.807) is 25.7 Å². The van der Waals surface area contributed by atoms with E-state index in [1.165, 1.54) is 0 Å². The van der Waals surface area contributed by atoms with E-state index in [1.807, 2.05) is 30.9 Å². The quantitative estimate of drug-likeness (QED) is 0.590. The largest absolute Gasteiger partial charge is 0.494 e. The molecule has 29 heavy (non-hydrogen) atoms. The number of carbonyl (C=O) groups is 1. The molecule has 2 aromatic heterocycles. The first kappa shape index (κ1) is 20.8. The van der Waals surface area contributed by atoms with Crippen LogP contribution in [0.2, 0.25) is 5.02 Å². The molecule has 7 nitrogen and oxygen atoms in total. The Kier molecular flexibility index (Phi) is 6.49. The van der Waals surface area contributed by atoms with E-state index in [0.29, 0.717) is 28.7 Å². The fourth-order valence-electron chi connectivity index (χ4n) is 3.32. The molecule has 0 spiro atoms. The summed E-state index contributed by atoms with van der Waals surface area (Å²) < 4.78 is 5.66. The third-order valence-electron chi connectivity index (χ3n) is 4.77. The first-order chi connectivity index (χ1) is 14.0. The van der Waals surface area contributed by atoms with Gasteiger partial charge in [-0.2, -0.15) is 0 Å². The highest BCUT2D eigenvalue weighted by Gasteiger charge is 2.19. The number of rotatable bonds is 8. The fraction of sp³-hybridized carbons (Fsp3) is 0.333. The lowest BCUT2D eigenvalue weighted by Crippen LogP contribution is -2.24. The van der Waals surface area contributed by atoms with Crippen molar-refractivity contribution in [2.75, 3.05) is 25.1 Å². The smallest absolute Gasteiger partial charge is 0.303 e. The van der Waals surface area contributed by atoms with E-state index in [2.05, 4.69) is 9.97 Å². The molecule has 0 amide bonds. The Morgan fingerprint density at radius 2 is 1.97 bits per heavy atom. The summed E-state index contributed by atoms with van der Waals surface area (Å²) in [5, 5.41) is 10.5. The number of hydrogen-bond donors (Lipinski definition) is 1. The van der Waals surface area contributed by atoms with Crippen LogP contribution in [0.4, 0.5) is 5.95 Å². The number of nitrogens with zero attached hydrogens (tertiary/aromatic N) is 4. The van der Waals surface area contributed by atoms with Gasteiger partial charge in [0.05, 0.1) is 12.1 Å². The number of carboxylic acid groups (broad SMARTS) is 1. The van der Waals surface area contributed by atoms with Crippen LogP contribution < -0.4 is 9.64 Å². The molecule has 8 heteroatoms. The minimum absolute atomic E-state index is 0.0108. The second kappa shape index (κ2) is 9.05. The van der Waals surface area contributed by atoms with E-state index < -0.39 is 5.97 Å². The molecular weight excluding hydrogens is 392 g/mol. The van der Waals surface area contributed by atoms with Crippen molar-refractivity contribution in [2.24, 2.45) is 0 Å². The third-order valence-corrected chi connectivity index (χ3v) is 4.97. The molecule has 3 rings (SSSR count). The molecule has 1 aromatic carbocycles. The van der Waals surface area contributed by atoms with E-state index in [4.69, 9.17) is 26.4 Å². The van der Waals surface area contributed by atoms with E-state index in [9.17, 15) is 4.79 Å². The average Bonchev–Trinajstić information content (AvgIpc) is 2.72. The molecular formula is C21H23ClN4O3. The molecule has 0 atom stereocenters. The zero-order valence-electron chi connectivity index (χ0n) is 16.6. The van der Waals surface area contributed by atoms with Gasteiger partial charge in [0.25, 0.3) is 0 Å². The van der Waals surface area contributed by atoms with Crippen LogP contribution in [0.25, 0.3) is 22.0 Å². The lowest BCUT2D eigenvalue weighted by Gasteiger charge is -2.20. The molecule has 152 valence electrons. The molecule has 0 fully saturated rings. The van der Waals surface area contributed by atoms with Crippen molar-refractivity contribution in [3.05, 3.63) is 41.3 Å². The maximum absolute atomic E-state index is 11.2. The van der Waals surface area contributed by atoms with Gasteiger partial charge in [-0.1, -0.05) is 11.6 Å². The van der Waals surface area contributed by atoms with Gasteiger partial charge in [-0.15, -0.1) is 0 Å². The minimum atomic E-state index is -0.871. The molecule has 2 heterocycles. The van der Waals surface area contributed by atoms with Gasteiger partial charge in [0.15, 0.2) is 0 Å². The van der Waals surface area contributed by atoms with Gasteiger partial charge in [0.1, 0.15) is 11.3 Å². The van der Waals surface area contributed by atoms with E-state index in [-0.39, 0.29) is 6.42 Å². The van der Waals surface area contributed by atoms with Crippen LogP contribution in [0.3, 0.4) is 0 Å². The van der Waals surface area contributed by atoms with Gasteiger partial charge >= 0.3 is 5.97 Å². The summed E-state index contributed by atoms with van der Waals surface area (Å²) in [6, 6.07) is 3.73. The number of carboxylic acids is 1. The Labute approximate surface area is 174 Å². The lowest BCUT2D eigenvalue weighted by molar-refractivity contribution is -0.136. The Morgan fingerprint density at radius 3 is 2.59 bits per heavy atom. The van der Waals surface area contributed by atoms with Crippen LogP contribution in [0.15, 0.2) is 30.7 Å². The summed E-state index contributed by atoms with van der Waals surface area (Å²) in [6.07, 6.45) is 5.36. The molecule has 0 saturated carbocycles. The fourth-order valence-corrected chi connectivity index (χ4v) is 3.50. The van der Waals surface area contributed by atoms with Crippen LogP contribution in [0, 0.1) is 0 Å². The molecule has 0 saturated heterocycles. The molecule has 0 aliphatic carbocycles. The van der Waals surface area contributed by atoms with Crippen molar-refractivity contribution >= 4 is 34.4 Å². The van der Waals surface area contributed by atoms with Crippen LogP contribution in [-0.4, -0.2) is 46.2 Å². The summed E-state index contributed by atoms with van der Waals surface area (Å²) in [4.78, 5) is 26.7. The Balaban J connectivity index is 2.29. The number of aryl methyl sites for hydroxylation is 1. The Hall–Kier alpha value is -2.93. The normalized spacial score (nSPS) is 10.9. The predicted octanol–water partition coefficient (Wildman–Crippen LogP) is 4.22. The van der Waals surface area contributed by atoms with Crippen LogP contribution >= 0.6 is 11.6 Å². The summed E-state index contributed by atoms with van der Waals surface area (Å²) in [5.41, 5.74) is 3.05. The highest BCUT2D eigenvalue weighted by atomic mass is 35.5. The van der Waals surface area contributed by atoms with Crippen molar-refractivity contribution in [2.45, 2.75) is 26.7 Å². The first-order valence-electron chi connectivity index (χ1n) is 9.42. The molecule has 0 bridgehead atoms. The number of halogens is 1. The van der Waals surface area contributed by atoms with Crippen LogP contribution in [0.5, 0.6) is 5.75 Å². The number of fused-ring (bicyclic) bond motifs is 1. The van der Waals surface area contributed by atoms with Crippen LogP contribution in [0.1, 0.15) is 25.8 Å². The van der Waals surface area contributed by atoms with Gasteiger partial charge in [-0.05, 0) is 43.5 Å². The lowest BCUT2D eigenvalue weighted by atomic mass is 9.96. The zero-order valence-corrected chi connectivity index (χ0v) is 17.4. The average molecular weight is 415 g/mol. The molecule has 0 aliphatic heterocycles. The number of anilines is 1. The molecule has 1 N–H and O–H groups in total. The SMILES string of the molecule is CCN(CC)c1ncc2c(-c3cncc(Cl)c3)cc(CCC(=O)O)c(OC)c2n1. The summed E-state index contributed by atoms with van der Waals surface area (Å²) in [5.74, 6) is 0.298. The van der Waals surface area contributed by atoms with E-state index in [0.717, 1.165) is 35.2 Å². The Morgan fingerprint density at radius 1 is 1.21 bits per heavy atom. The number of aliphatic carboxylic acids is 1. The number of ether oxygens (including phenoxy) is 1. The maximum Gasteiger partial charge on any atom is 0.303 e. The topological polar surface area (TPSA) is 88.4 Å². The summed E-state index contributed by atoms with van der Waals surface area (Å²) in [6.45, 7) is 5.63. The maximum atomic E-state index is 11.2. The first-order valence-corrected chi connectivity index (χ1v) is 9.80. The molecule has 0 unspecified atom stereocenters. The van der Waals surface area contributed by atoms with Crippen LogP contribution in [-0.2, 0) is 11.2 Å². The number of pyridine rings is 1. The minimum Gasteiger partial charge on any atom is -0.494 e. The number of aromatic nitrogens is 3. The molecule has 3 aromatic rings.